The summed E-state index contributed by atoms with van der Waals surface area (Å²) < 4.78 is 13.0. The normalized spacial score (nSPS) is 16.4. The Balaban J connectivity index is 0.00000182. The van der Waals surface area contributed by atoms with Gasteiger partial charge in [-0.05, 0) is 57.0 Å². The summed E-state index contributed by atoms with van der Waals surface area (Å²) in [5.74, 6) is 0.381. The lowest BCUT2D eigenvalue weighted by Crippen LogP contribution is -2.42. The van der Waals surface area contributed by atoms with Gasteiger partial charge in [-0.15, -0.1) is 36.2 Å². The number of benzene rings is 1. The van der Waals surface area contributed by atoms with Crippen LogP contribution in [0.3, 0.4) is 0 Å². The van der Waals surface area contributed by atoms with Gasteiger partial charge in [0.05, 0.1) is 10.7 Å². The van der Waals surface area contributed by atoms with Crippen LogP contribution in [0.5, 0.6) is 0 Å². The highest BCUT2D eigenvalue weighted by Crippen LogP contribution is 2.25. The van der Waals surface area contributed by atoms with Gasteiger partial charge in [0.1, 0.15) is 10.7 Å². The minimum atomic E-state index is -0.240. The van der Waals surface area contributed by atoms with Crippen molar-refractivity contribution >= 4 is 42.1 Å². The van der Waals surface area contributed by atoms with E-state index in [-0.39, 0.29) is 36.5 Å². The molecule has 1 fully saturated rings. The Morgan fingerprint density at radius 3 is 2.70 bits per heavy atom. The van der Waals surface area contributed by atoms with Gasteiger partial charge in [-0.25, -0.2) is 9.37 Å². The smallest absolute Gasteiger partial charge is 0.265 e. The van der Waals surface area contributed by atoms with Crippen molar-refractivity contribution in [1.29, 1.82) is 0 Å². The standard InChI is InChI=1S/C19H24FN3OS.2ClH/c1-13-18(19(24)23-9-3-4-15(12-23)11-21-2)25-17(22-13)10-14-5-7-16(20)8-6-14;;/h5-8,15,21H,3-4,9-12H2,1-2H3;2*1H. The second-order valence-electron chi connectivity index (χ2n) is 6.64. The van der Waals surface area contributed by atoms with Crippen molar-refractivity contribution in [3.8, 4) is 0 Å². The third-order valence-electron chi connectivity index (χ3n) is 4.60. The number of rotatable bonds is 5. The van der Waals surface area contributed by atoms with Crippen LogP contribution in [0.15, 0.2) is 24.3 Å². The SMILES string of the molecule is CNCC1CCCN(C(=O)c2sc(Cc3ccc(F)cc3)nc2C)C1.Cl.Cl. The van der Waals surface area contributed by atoms with E-state index in [2.05, 4.69) is 10.3 Å². The molecule has 0 radical (unpaired) electrons. The van der Waals surface area contributed by atoms with Gasteiger partial charge in [0.2, 0.25) is 0 Å². The summed E-state index contributed by atoms with van der Waals surface area (Å²) in [4.78, 5) is 20.2. The monoisotopic (exact) mass is 433 g/mol. The Labute approximate surface area is 176 Å². The number of thiazole rings is 1. The molecular weight excluding hydrogens is 408 g/mol. The third kappa shape index (κ3) is 6.14. The number of hydrogen-bond acceptors (Lipinski definition) is 4. The molecule has 3 rings (SSSR count). The van der Waals surface area contributed by atoms with Crippen LogP contribution in [0.4, 0.5) is 4.39 Å². The zero-order chi connectivity index (χ0) is 17.8. The summed E-state index contributed by atoms with van der Waals surface area (Å²) in [6.45, 7) is 4.47. The molecule has 0 aliphatic carbocycles. The maximum absolute atomic E-state index is 13.0. The van der Waals surface area contributed by atoms with Gasteiger partial charge >= 0.3 is 0 Å². The number of likely N-dealkylation sites (tertiary alicyclic amines) is 1. The van der Waals surface area contributed by atoms with Gasteiger partial charge in [-0.1, -0.05) is 12.1 Å². The van der Waals surface area contributed by atoms with Crippen LogP contribution in [-0.2, 0) is 6.42 Å². The summed E-state index contributed by atoms with van der Waals surface area (Å²) in [5.41, 5.74) is 1.80. The number of aromatic nitrogens is 1. The summed E-state index contributed by atoms with van der Waals surface area (Å²) in [6, 6.07) is 6.44. The maximum atomic E-state index is 13.0. The van der Waals surface area contributed by atoms with Gasteiger partial charge in [-0.2, -0.15) is 0 Å². The summed E-state index contributed by atoms with van der Waals surface area (Å²) in [5, 5.41) is 4.11. The molecule has 8 heteroatoms. The van der Waals surface area contributed by atoms with Crippen LogP contribution < -0.4 is 5.32 Å². The Kier molecular flexibility index (Phi) is 9.67. The van der Waals surface area contributed by atoms with E-state index in [9.17, 15) is 9.18 Å². The number of amides is 1. The van der Waals surface area contributed by atoms with E-state index in [0.717, 1.165) is 47.2 Å². The molecule has 0 spiro atoms. The molecule has 1 aliphatic rings. The fraction of sp³-hybridized carbons (Fsp3) is 0.474. The van der Waals surface area contributed by atoms with Crippen molar-refractivity contribution in [2.24, 2.45) is 5.92 Å². The number of carbonyl (C=O) groups is 1. The van der Waals surface area contributed by atoms with Gasteiger partial charge in [0, 0.05) is 19.5 Å². The fourth-order valence-electron chi connectivity index (χ4n) is 3.35. The molecule has 1 atom stereocenters. The number of nitrogens with one attached hydrogen (secondary N) is 1. The molecule has 1 aromatic carbocycles. The predicted molar refractivity (Wildman–Crippen MR) is 113 cm³/mol. The highest BCUT2D eigenvalue weighted by molar-refractivity contribution is 7.13. The number of piperidine rings is 1. The van der Waals surface area contributed by atoms with Crippen molar-refractivity contribution in [3.63, 3.8) is 0 Å². The van der Waals surface area contributed by atoms with E-state index < -0.39 is 0 Å². The van der Waals surface area contributed by atoms with E-state index in [1.54, 1.807) is 12.1 Å². The number of carbonyl (C=O) groups excluding carboxylic acids is 1. The average Bonchev–Trinajstić information content (AvgIpc) is 2.97. The Hall–Kier alpha value is -1.21. The average molecular weight is 434 g/mol. The minimum Gasteiger partial charge on any atom is -0.338 e. The topological polar surface area (TPSA) is 45.2 Å². The number of hydrogen-bond donors (Lipinski definition) is 1. The van der Waals surface area contributed by atoms with Gasteiger partial charge in [0.25, 0.3) is 5.91 Å². The molecule has 1 saturated heterocycles. The zero-order valence-electron chi connectivity index (χ0n) is 15.5. The summed E-state index contributed by atoms with van der Waals surface area (Å²) in [7, 11) is 1.95. The van der Waals surface area contributed by atoms with Crippen LogP contribution in [0.2, 0.25) is 0 Å². The highest BCUT2D eigenvalue weighted by Gasteiger charge is 2.26. The van der Waals surface area contributed by atoms with Crippen molar-refractivity contribution in [2.75, 3.05) is 26.7 Å². The second-order valence-corrected chi connectivity index (χ2v) is 7.73. The van der Waals surface area contributed by atoms with E-state index in [0.29, 0.717) is 12.3 Å². The first-order valence-corrected chi connectivity index (χ1v) is 9.53. The Morgan fingerprint density at radius 2 is 2.04 bits per heavy atom. The van der Waals surface area contributed by atoms with E-state index in [1.807, 2.05) is 18.9 Å². The molecule has 1 N–H and O–H groups in total. The van der Waals surface area contributed by atoms with Crippen molar-refractivity contribution in [3.05, 3.63) is 51.2 Å². The number of aryl methyl sites for hydroxylation is 1. The molecule has 2 heterocycles. The summed E-state index contributed by atoms with van der Waals surface area (Å²) in [6.07, 6.45) is 2.85. The van der Waals surface area contributed by atoms with E-state index in [1.165, 1.54) is 29.9 Å². The van der Waals surface area contributed by atoms with Crippen molar-refractivity contribution in [2.45, 2.75) is 26.2 Å². The molecule has 1 amide bonds. The summed E-state index contributed by atoms with van der Waals surface area (Å²) >= 11 is 1.46. The quantitative estimate of drug-likeness (QED) is 0.771. The van der Waals surface area contributed by atoms with Crippen LogP contribution in [-0.4, -0.2) is 42.5 Å². The van der Waals surface area contributed by atoms with Crippen molar-refractivity contribution < 1.29 is 9.18 Å². The van der Waals surface area contributed by atoms with E-state index >= 15 is 0 Å². The Bertz CT molecular complexity index is 737. The lowest BCUT2D eigenvalue weighted by Gasteiger charge is -2.32. The first kappa shape index (κ1) is 23.8. The number of nitrogens with zero attached hydrogens (tertiary/aromatic N) is 2. The van der Waals surface area contributed by atoms with Crippen molar-refractivity contribution in [1.82, 2.24) is 15.2 Å². The van der Waals surface area contributed by atoms with Gasteiger partial charge in [-0.3, -0.25) is 4.79 Å². The molecule has 2 aromatic rings. The molecule has 0 saturated carbocycles. The Morgan fingerprint density at radius 1 is 1.33 bits per heavy atom. The first-order valence-electron chi connectivity index (χ1n) is 8.71. The highest BCUT2D eigenvalue weighted by atomic mass is 35.5. The maximum Gasteiger partial charge on any atom is 0.265 e. The lowest BCUT2D eigenvalue weighted by atomic mass is 9.98. The fourth-order valence-corrected chi connectivity index (χ4v) is 4.42. The van der Waals surface area contributed by atoms with Crippen LogP contribution >= 0.6 is 36.2 Å². The largest absolute Gasteiger partial charge is 0.338 e. The third-order valence-corrected chi connectivity index (χ3v) is 5.75. The molecule has 1 aromatic heterocycles. The van der Waals surface area contributed by atoms with Gasteiger partial charge in [0.15, 0.2) is 0 Å². The predicted octanol–water partition coefficient (Wildman–Crippen LogP) is 4.10. The molecule has 1 unspecified atom stereocenters. The first-order chi connectivity index (χ1) is 12.1. The lowest BCUT2D eigenvalue weighted by molar-refractivity contribution is 0.0678. The van der Waals surface area contributed by atoms with Gasteiger partial charge < -0.3 is 10.2 Å². The van der Waals surface area contributed by atoms with Crippen LogP contribution in [0, 0.1) is 18.7 Å². The van der Waals surface area contributed by atoms with Crippen LogP contribution in [0.25, 0.3) is 0 Å². The zero-order valence-corrected chi connectivity index (χ0v) is 18.0. The molecule has 0 bridgehead atoms. The van der Waals surface area contributed by atoms with Crippen LogP contribution in [0.1, 0.15) is 38.8 Å². The minimum absolute atomic E-state index is 0. The molecule has 150 valence electrons. The van der Waals surface area contributed by atoms with E-state index in [4.69, 9.17) is 0 Å². The molecule has 1 aliphatic heterocycles. The molecule has 4 nitrogen and oxygen atoms in total. The number of halogens is 3. The molecular formula is C19H26Cl2FN3OS. The second kappa shape index (κ2) is 11.0. The molecule has 27 heavy (non-hydrogen) atoms.